The number of amides is 1. The summed E-state index contributed by atoms with van der Waals surface area (Å²) in [5, 5.41) is 2.97. The molecule has 24 heavy (non-hydrogen) atoms. The summed E-state index contributed by atoms with van der Waals surface area (Å²) in [6, 6.07) is 8.09. The lowest BCUT2D eigenvalue weighted by atomic mass is 9.98. The molecule has 1 aliphatic rings. The van der Waals surface area contributed by atoms with E-state index in [1.54, 1.807) is 7.11 Å². The Balaban J connectivity index is 1.69. The predicted octanol–water partition coefficient (Wildman–Crippen LogP) is 2.84. The lowest BCUT2D eigenvalue weighted by molar-refractivity contribution is -0.121. The third kappa shape index (κ3) is 5.71. The average Bonchev–Trinajstić information content (AvgIpc) is 2.59. The number of hydrogen-bond donors (Lipinski definition) is 1. The van der Waals surface area contributed by atoms with Gasteiger partial charge in [-0.15, -0.1) is 0 Å². The van der Waals surface area contributed by atoms with Gasteiger partial charge in [0.2, 0.25) is 5.91 Å². The molecule has 1 heterocycles. The number of ether oxygens (including phenoxy) is 2. The summed E-state index contributed by atoms with van der Waals surface area (Å²) in [4.78, 5) is 14.4. The second kappa shape index (κ2) is 9.52. The lowest BCUT2D eigenvalue weighted by Crippen LogP contribution is -2.38. The summed E-state index contributed by atoms with van der Waals surface area (Å²) in [7, 11) is 3.78. The van der Waals surface area contributed by atoms with Crippen molar-refractivity contribution < 1.29 is 14.3 Å². The number of likely N-dealkylation sites (tertiary alicyclic amines) is 1. The van der Waals surface area contributed by atoms with Crippen molar-refractivity contribution in [3.05, 3.63) is 24.3 Å². The maximum absolute atomic E-state index is 12.1. The molecule has 1 aromatic rings. The second-order valence-electron chi connectivity index (χ2n) is 6.55. The van der Waals surface area contributed by atoms with Crippen LogP contribution in [-0.2, 0) is 4.79 Å². The minimum absolute atomic E-state index is 0.101. The van der Waals surface area contributed by atoms with E-state index in [1.165, 1.54) is 19.3 Å². The van der Waals surface area contributed by atoms with Crippen LogP contribution in [0.2, 0.25) is 0 Å². The van der Waals surface area contributed by atoms with Gasteiger partial charge in [-0.05, 0) is 51.9 Å². The van der Waals surface area contributed by atoms with Gasteiger partial charge >= 0.3 is 0 Å². The number of para-hydroxylation sites is 2. The van der Waals surface area contributed by atoms with Gasteiger partial charge in [0.25, 0.3) is 0 Å². The molecule has 0 spiro atoms. The van der Waals surface area contributed by atoms with E-state index in [2.05, 4.69) is 17.3 Å². The van der Waals surface area contributed by atoms with Gasteiger partial charge in [0.05, 0.1) is 13.7 Å². The molecule has 0 bridgehead atoms. The highest BCUT2D eigenvalue weighted by atomic mass is 16.5. The Morgan fingerprint density at radius 1 is 1.33 bits per heavy atom. The number of carbonyl (C=O) groups excluding carboxylic acids is 1. The van der Waals surface area contributed by atoms with Crippen molar-refractivity contribution in [2.75, 3.05) is 27.2 Å². The van der Waals surface area contributed by atoms with Gasteiger partial charge < -0.3 is 19.7 Å². The number of piperidine rings is 1. The van der Waals surface area contributed by atoms with Crippen LogP contribution in [0.25, 0.3) is 0 Å². The monoisotopic (exact) mass is 334 g/mol. The second-order valence-corrected chi connectivity index (χ2v) is 6.55. The minimum Gasteiger partial charge on any atom is -0.493 e. The summed E-state index contributed by atoms with van der Waals surface area (Å²) in [6.45, 7) is 3.59. The fraction of sp³-hybridized carbons (Fsp3) is 0.632. The molecule has 2 atom stereocenters. The van der Waals surface area contributed by atoms with Crippen LogP contribution in [0.15, 0.2) is 24.3 Å². The van der Waals surface area contributed by atoms with E-state index in [4.69, 9.17) is 9.47 Å². The zero-order chi connectivity index (χ0) is 17.4. The lowest BCUT2D eigenvalue weighted by Gasteiger charge is -2.32. The molecular formula is C19H30N2O3. The largest absolute Gasteiger partial charge is 0.493 e. The molecule has 5 nitrogen and oxygen atoms in total. The summed E-state index contributed by atoms with van der Waals surface area (Å²) < 4.78 is 11.1. The molecule has 1 N–H and O–H groups in total. The SMILES string of the molecule is COc1ccccc1O[C@@H](C)CNC(=O)CC[C@@H]1CCCCN1C. The highest BCUT2D eigenvalue weighted by molar-refractivity contribution is 5.75. The molecule has 0 saturated carbocycles. The average molecular weight is 334 g/mol. The van der Waals surface area contributed by atoms with E-state index in [0.717, 1.165) is 13.0 Å². The Morgan fingerprint density at radius 3 is 2.79 bits per heavy atom. The van der Waals surface area contributed by atoms with Crippen LogP contribution in [0.5, 0.6) is 11.5 Å². The number of nitrogens with zero attached hydrogens (tertiary/aromatic N) is 1. The Morgan fingerprint density at radius 2 is 2.08 bits per heavy atom. The molecule has 134 valence electrons. The molecule has 0 unspecified atom stereocenters. The molecule has 1 aromatic carbocycles. The van der Waals surface area contributed by atoms with Gasteiger partial charge in [0.1, 0.15) is 6.10 Å². The maximum atomic E-state index is 12.1. The van der Waals surface area contributed by atoms with Crippen LogP contribution in [-0.4, -0.2) is 50.2 Å². The summed E-state index contributed by atoms with van der Waals surface area (Å²) in [5.41, 5.74) is 0. The van der Waals surface area contributed by atoms with E-state index < -0.39 is 0 Å². The minimum atomic E-state index is -0.109. The number of rotatable bonds is 8. The van der Waals surface area contributed by atoms with Crippen molar-refractivity contribution in [2.45, 2.75) is 51.2 Å². The zero-order valence-electron chi connectivity index (χ0n) is 15.1. The molecule has 0 aromatic heterocycles. The predicted molar refractivity (Wildman–Crippen MR) is 95.6 cm³/mol. The highest BCUT2D eigenvalue weighted by Gasteiger charge is 2.19. The molecule has 1 aliphatic heterocycles. The number of nitrogens with one attached hydrogen (secondary N) is 1. The van der Waals surface area contributed by atoms with E-state index in [9.17, 15) is 4.79 Å². The van der Waals surface area contributed by atoms with Crippen LogP contribution in [0.3, 0.4) is 0 Å². The van der Waals surface area contributed by atoms with Crippen LogP contribution < -0.4 is 14.8 Å². The highest BCUT2D eigenvalue weighted by Crippen LogP contribution is 2.26. The standard InChI is InChI=1S/C19H30N2O3/c1-15(24-18-10-5-4-9-17(18)23-3)14-20-19(22)12-11-16-8-6-7-13-21(16)2/h4-5,9-10,15-16H,6-8,11-14H2,1-3H3,(H,20,22)/t15-,16-/m0/s1. The summed E-state index contributed by atoms with van der Waals surface area (Å²) >= 11 is 0. The van der Waals surface area contributed by atoms with Gasteiger partial charge in [-0.1, -0.05) is 18.6 Å². The normalized spacial score (nSPS) is 19.5. The van der Waals surface area contributed by atoms with Crippen LogP contribution in [0.1, 0.15) is 39.0 Å². The van der Waals surface area contributed by atoms with Crippen LogP contribution >= 0.6 is 0 Å². The maximum Gasteiger partial charge on any atom is 0.220 e. The van der Waals surface area contributed by atoms with Crippen molar-refractivity contribution in [3.8, 4) is 11.5 Å². The smallest absolute Gasteiger partial charge is 0.220 e. The van der Waals surface area contributed by atoms with Gasteiger partial charge in [-0.25, -0.2) is 0 Å². The Labute approximate surface area is 145 Å². The first kappa shape index (κ1) is 18.6. The van der Waals surface area contributed by atoms with Crippen molar-refractivity contribution in [1.82, 2.24) is 10.2 Å². The topological polar surface area (TPSA) is 50.8 Å². The van der Waals surface area contributed by atoms with Gasteiger partial charge in [0, 0.05) is 12.5 Å². The van der Waals surface area contributed by atoms with Crippen molar-refractivity contribution in [2.24, 2.45) is 0 Å². The molecule has 2 rings (SSSR count). The van der Waals surface area contributed by atoms with Crippen molar-refractivity contribution in [3.63, 3.8) is 0 Å². The summed E-state index contributed by atoms with van der Waals surface area (Å²) in [6.07, 6.45) is 5.16. The van der Waals surface area contributed by atoms with Crippen LogP contribution in [0, 0.1) is 0 Å². The first-order chi connectivity index (χ1) is 11.6. The first-order valence-electron chi connectivity index (χ1n) is 8.86. The van der Waals surface area contributed by atoms with Gasteiger partial charge in [-0.3, -0.25) is 4.79 Å². The van der Waals surface area contributed by atoms with Crippen molar-refractivity contribution in [1.29, 1.82) is 0 Å². The van der Waals surface area contributed by atoms with E-state index in [0.29, 0.717) is 30.5 Å². The Hall–Kier alpha value is -1.75. The molecule has 1 amide bonds. The number of hydrogen-bond acceptors (Lipinski definition) is 4. The Kier molecular flexibility index (Phi) is 7.37. The number of carbonyl (C=O) groups is 1. The fourth-order valence-electron chi connectivity index (χ4n) is 3.13. The molecule has 0 aliphatic carbocycles. The third-order valence-corrected chi connectivity index (χ3v) is 4.61. The molecule has 1 saturated heterocycles. The fourth-order valence-corrected chi connectivity index (χ4v) is 3.13. The molecule has 5 heteroatoms. The van der Waals surface area contributed by atoms with E-state index >= 15 is 0 Å². The molecule has 0 radical (unpaired) electrons. The van der Waals surface area contributed by atoms with E-state index in [-0.39, 0.29) is 12.0 Å². The quantitative estimate of drug-likeness (QED) is 0.794. The molecular weight excluding hydrogens is 304 g/mol. The van der Waals surface area contributed by atoms with Gasteiger partial charge in [0.15, 0.2) is 11.5 Å². The van der Waals surface area contributed by atoms with Gasteiger partial charge in [-0.2, -0.15) is 0 Å². The molecule has 1 fully saturated rings. The van der Waals surface area contributed by atoms with Crippen LogP contribution in [0.4, 0.5) is 0 Å². The first-order valence-corrected chi connectivity index (χ1v) is 8.86. The van der Waals surface area contributed by atoms with Crippen molar-refractivity contribution >= 4 is 5.91 Å². The zero-order valence-corrected chi connectivity index (χ0v) is 15.1. The van der Waals surface area contributed by atoms with E-state index in [1.807, 2.05) is 31.2 Å². The Bertz CT molecular complexity index is 521. The number of benzene rings is 1. The third-order valence-electron chi connectivity index (χ3n) is 4.61. The number of methoxy groups -OCH3 is 1. The summed E-state index contributed by atoms with van der Waals surface area (Å²) in [5.74, 6) is 1.51.